The van der Waals surface area contributed by atoms with Crippen molar-refractivity contribution in [2.45, 2.75) is 6.92 Å². The summed E-state index contributed by atoms with van der Waals surface area (Å²) in [5.74, 6) is -0.389. The summed E-state index contributed by atoms with van der Waals surface area (Å²) in [5, 5.41) is 13.7. The number of carbonyl (C=O) groups excluding carboxylic acids is 1. The van der Waals surface area contributed by atoms with Crippen molar-refractivity contribution < 1.29 is 14.5 Å². The molecule has 0 saturated carbocycles. The van der Waals surface area contributed by atoms with Gasteiger partial charge in [0, 0.05) is 5.69 Å². The highest BCUT2D eigenvalue weighted by molar-refractivity contribution is 8.02. The summed E-state index contributed by atoms with van der Waals surface area (Å²) in [4.78, 5) is 21.3. The van der Waals surface area contributed by atoms with E-state index in [1.165, 1.54) is 11.8 Å². The Balaban J connectivity index is 2.76. The second-order valence-electron chi connectivity index (χ2n) is 3.41. The molecule has 0 fully saturated rings. The number of hydrogen-bond donors (Lipinski definition) is 1. The van der Waals surface area contributed by atoms with Crippen molar-refractivity contribution in [1.29, 1.82) is 0 Å². The Morgan fingerprint density at radius 3 is 2.58 bits per heavy atom. The van der Waals surface area contributed by atoms with Crippen molar-refractivity contribution in [3.63, 3.8) is 0 Å². The Morgan fingerprint density at radius 1 is 1.47 bits per heavy atom. The van der Waals surface area contributed by atoms with E-state index >= 15 is 0 Å². The lowest BCUT2D eigenvalue weighted by Crippen LogP contribution is -2.05. The zero-order valence-corrected chi connectivity index (χ0v) is 11.4. The molecule has 0 unspecified atom stereocenters. The third-order valence-corrected chi connectivity index (χ3v) is 2.75. The van der Waals surface area contributed by atoms with E-state index < -0.39 is 4.92 Å². The number of ether oxygens (including phenoxy) is 1. The van der Waals surface area contributed by atoms with E-state index in [9.17, 15) is 14.9 Å². The highest BCUT2D eigenvalue weighted by atomic mass is 32.2. The minimum Gasteiger partial charge on any atom is -0.462 e. The summed E-state index contributed by atoms with van der Waals surface area (Å²) in [6.45, 7) is 2.06. The second-order valence-corrected chi connectivity index (χ2v) is 4.25. The van der Waals surface area contributed by atoms with E-state index in [2.05, 4.69) is 5.32 Å². The molecule has 0 spiro atoms. The topological polar surface area (TPSA) is 81.5 Å². The Bertz CT molecular complexity index is 485. The fourth-order valence-corrected chi connectivity index (χ4v) is 1.69. The SMILES string of the molecule is CCOC(=O)c1ccc(N/C(=C/[N+](=O)[O-])SC)cc1. The summed E-state index contributed by atoms with van der Waals surface area (Å²) in [6, 6.07) is 6.53. The van der Waals surface area contributed by atoms with E-state index in [0.717, 1.165) is 6.20 Å². The van der Waals surface area contributed by atoms with Gasteiger partial charge in [-0.15, -0.1) is 11.8 Å². The first-order valence-electron chi connectivity index (χ1n) is 5.50. The molecule has 0 amide bonds. The molecule has 102 valence electrons. The molecule has 0 aromatic heterocycles. The van der Waals surface area contributed by atoms with Gasteiger partial charge in [-0.2, -0.15) is 0 Å². The van der Waals surface area contributed by atoms with Crippen molar-refractivity contribution in [3.8, 4) is 0 Å². The lowest BCUT2D eigenvalue weighted by Gasteiger charge is -2.07. The average Bonchev–Trinajstić information content (AvgIpc) is 2.38. The Hall–Kier alpha value is -2.02. The monoisotopic (exact) mass is 282 g/mol. The number of esters is 1. The Labute approximate surface area is 115 Å². The maximum absolute atomic E-state index is 11.4. The predicted molar refractivity (Wildman–Crippen MR) is 74.6 cm³/mol. The largest absolute Gasteiger partial charge is 0.462 e. The van der Waals surface area contributed by atoms with Gasteiger partial charge in [0.15, 0.2) is 0 Å². The van der Waals surface area contributed by atoms with Crippen molar-refractivity contribution in [3.05, 3.63) is 51.2 Å². The standard InChI is InChI=1S/C12H14N2O4S/c1-3-18-12(15)9-4-6-10(7-5-9)13-11(19-2)8-14(16)17/h4-8,13H,3H2,1-2H3/b11-8-. The van der Waals surface area contributed by atoms with Crippen LogP contribution in [0.5, 0.6) is 0 Å². The van der Waals surface area contributed by atoms with Crippen molar-refractivity contribution >= 4 is 23.4 Å². The first-order chi connectivity index (χ1) is 9.06. The number of rotatable bonds is 6. The maximum atomic E-state index is 11.4. The van der Waals surface area contributed by atoms with Gasteiger partial charge in [0.25, 0.3) is 6.20 Å². The highest BCUT2D eigenvalue weighted by Crippen LogP contribution is 2.18. The normalized spacial score (nSPS) is 10.9. The van der Waals surface area contributed by atoms with Gasteiger partial charge < -0.3 is 10.1 Å². The Morgan fingerprint density at radius 2 is 2.11 bits per heavy atom. The molecular weight excluding hydrogens is 268 g/mol. The highest BCUT2D eigenvalue weighted by Gasteiger charge is 2.07. The van der Waals surface area contributed by atoms with Crippen molar-refractivity contribution in [2.24, 2.45) is 0 Å². The van der Waals surface area contributed by atoms with Crippen molar-refractivity contribution in [2.75, 3.05) is 18.2 Å². The molecule has 0 atom stereocenters. The number of hydrogen-bond acceptors (Lipinski definition) is 6. The summed E-state index contributed by atoms with van der Waals surface area (Å²) in [6.07, 6.45) is 2.62. The van der Waals surface area contributed by atoms with Gasteiger partial charge in [-0.1, -0.05) is 0 Å². The molecule has 1 rings (SSSR count). The van der Waals surface area contributed by atoms with Gasteiger partial charge in [-0.25, -0.2) is 4.79 Å². The number of anilines is 1. The van der Waals surface area contributed by atoms with Crippen molar-refractivity contribution in [1.82, 2.24) is 0 Å². The maximum Gasteiger partial charge on any atom is 0.338 e. The van der Waals surface area contributed by atoms with Crippen LogP contribution in [0.3, 0.4) is 0 Å². The molecule has 0 bridgehead atoms. The van der Waals surface area contributed by atoms with Gasteiger partial charge in [-0.3, -0.25) is 10.1 Å². The third kappa shape index (κ3) is 5.01. The number of carbonyl (C=O) groups is 1. The van der Waals surface area contributed by atoms with Crippen LogP contribution >= 0.6 is 11.8 Å². The van der Waals surface area contributed by atoms with Crippen LogP contribution < -0.4 is 5.32 Å². The number of benzene rings is 1. The minimum atomic E-state index is -0.522. The van der Waals surface area contributed by atoms with Gasteiger partial charge in [-0.05, 0) is 37.4 Å². The zero-order valence-electron chi connectivity index (χ0n) is 10.6. The lowest BCUT2D eigenvalue weighted by molar-refractivity contribution is -0.402. The number of thioether (sulfide) groups is 1. The molecule has 6 nitrogen and oxygen atoms in total. The molecule has 0 heterocycles. The van der Waals surface area contributed by atoms with E-state index in [4.69, 9.17) is 4.74 Å². The van der Waals surface area contributed by atoms with Gasteiger partial charge >= 0.3 is 5.97 Å². The smallest absolute Gasteiger partial charge is 0.338 e. The second kappa shape index (κ2) is 7.42. The quantitative estimate of drug-likeness (QED) is 0.491. The molecule has 0 aliphatic carbocycles. The summed E-state index contributed by atoms with van der Waals surface area (Å²) >= 11 is 1.23. The summed E-state index contributed by atoms with van der Waals surface area (Å²) in [7, 11) is 0. The first kappa shape index (κ1) is 15.0. The minimum absolute atomic E-state index is 0.320. The van der Waals surface area contributed by atoms with Crippen LogP contribution in [0.15, 0.2) is 35.5 Å². The third-order valence-electron chi connectivity index (χ3n) is 2.11. The van der Waals surface area contributed by atoms with Gasteiger partial charge in [0.05, 0.1) is 17.1 Å². The molecular formula is C12H14N2O4S. The number of nitrogens with zero attached hydrogens (tertiary/aromatic N) is 1. The van der Waals surface area contributed by atoms with E-state index in [1.807, 2.05) is 0 Å². The molecule has 1 aromatic rings. The molecule has 1 N–H and O–H groups in total. The van der Waals surface area contributed by atoms with Crippen LogP contribution in [-0.4, -0.2) is 23.8 Å². The first-order valence-corrected chi connectivity index (χ1v) is 6.72. The fourth-order valence-electron chi connectivity index (χ4n) is 1.28. The molecule has 0 radical (unpaired) electrons. The summed E-state index contributed by atoms with van der Waals surface area (Å²) < 4.78 is 4.86. The number of nitrogens with one attached hydrogen (secondary N) is 1. The van der Waals surface area contributed by atoms with Crippen LogP contribution in [0, 0.1) is 10.1 Å². The van der Waals surface area contributed by atoms with Crippen LogP contribution in [0.25, 0.3) is 0 Å². The fraction of sp³-hybridized carbons (Fsp3) is 0.250. The number of nitro groups is 1. The van der Waals surface area contributed by atoms with E-state index in [0.29, 0.717) is 22.9 Å². The zero-order chi connectivity index (χ0) is 14.3. The average molecular weight is 282 g/mol. The Kier molecular flexibility index (Phi) is 5.87. The van der Waals surface area contributed by atoms with Crippen LogP contribution in [0.4, 0.5) is 5.69 Å². The van der Waals surface area contributed by atoms with E-state index in [-0.39, 0.29) is 5.97 Å². The molecule has 0 saturated heterocycles. The van der Waals surface area contributed by atoms with Crippen LogP contribution in [-0.2, 0) is 4.74 Å². The molecule has 7 heteroatoms. The van der Waals surface area contributed by atoms with E-state index in [1.54, 1.807) is 37.4 Å². The van der Waals surface area contributed by atoms with Crippen LogP contribution in [0.2, 0.25) is 0 Å². The molecule has 1 aromatic carbocycles. The summed E-state index contributed by atoms with van der Waals surface area (Å²) in [5.41, 5.74) is 1.10. The molecule has 0 aliphatic heterocycles. The van der Waals surface area contributed by atoms with Crippen LogP contribution in [0.1, 0.15) is 17.3 Å². The van der Waals surface area contributed by atoms with Gasteiger partial charge in [0.2, 0.25) is 0 Å². The predicted octanol–water partition coefficient (Wildman–Crippen LogP) is 2.71. The molecule has 0 aliphatic rings. The lowest BCUT2D eigenvalue weighted by atomic mass is 10.2. The van der Waals surface area contributed by atoms with Gasteiger partial charge in [0.1, 0.15) is 5.03 Å². The molecule has 19 heavy (non-hydrogen) atoms.